The largest absolute Gasteiger partial charge is 0.298 e. The molecule has 0 fully saturated rings. The number of likely N-dealkylation sites (N-methyl/N-ethyl adjacent to an activating group) is 1. The second-order valence-electron chi connectivity index (χ2n) is 5.69. The van der Waals surface area contributed by atoms with Crippen molar-refractivity contribution in [2.75, 3.05) is 7.05 Å². The molecule has 1 heterocycles. The number of benzene rings is 2. The lowest BCUT2D eigenvalue weighted by Gasteiger charge is -2.39. The van der Waals surface area contributed by atoms with Gasteiger partial charge in [-0.3, -0.25) is 4.90 Å². The maximum absolute atomic E-state index is 2.47. The lowest BCUT2D eigenvalue weighted by Crippen LogP contribution is -2.39. The van der Waals surface area contributed by atoms with Gasteiger partial charge in [0, 0.05) is 18.5 Å². The summed E-state index contributed by atoms with van der Waals surface area (Å²) in [6.07, 6.45) is 0. The van der Waals surface area contributed by atoms with Crippen LogP contribution in [-0.2, 0) is 6.54 Å². The van der Waals surface area contributed by atoms with Crippen molar-refractivity contribution in [3.8, 4) is 0 Å². The molecule has 0 aliphatic carbocycles. The first-order valence-electron chi connectivity index (χ1n) is 7.02. The molecule has 19 heavy (non-hydrogen) atoms. The van der Waals surface area contributed by atoms with Gasteiger partial charge in [0.25, 0.3) is 0 Å². The van der Waals surface area contributed by atoms with Crippen molar-refractivity contribution in [2.24, 2.45) is 0 Å². The summed E-state index contributed by atoms with van der Waals surface area (Å²) in [6.45, 7) is 5.63. The van der Waals surface area contributed by atoms with E-state index in [-0.39, 0.29) is 0 Å². The van der Waals surface area contributed by atoms with E-state index in [0.29, 0.717) is 12.0 Å². The number of hydrogen-bond donors (Lipinski definition) is 0. The molecule has 1 aliphatic rings. The molecule has 0 saturated heterocycles. The van der Waals surface area contributed by atoms with E-state index in [1.165, 1.54) is 22.3 Å². The summed E-state index contributed by atoms with van der Waals surface area (Å²) in [5.41, 5.74) is 5.86. The minimum atomic E-state index is 0.481. The third-order valence-corrected chi connectivity index (χ3v) is 4.53. The van der Waals surface area contributed by atoms with Crippen LogP contribution in [0.5, 0.6) is 0 Å². The molecule has 0 N–H and O–H groups in total. The fraction of sp³-hybridized carbons (Fsp3) is 0.333. The van der Waals surface area contributed by atoms with Crippen molar-refractivity contribution in [3.05, 3.63) is 70.8 Å². The molecule has 0 unspecified atom stereocenters. The molecule has 1 aliphatic heterocycles. The van der Waals surface area contributed by atoms with Gasteiger partial charge in [0.05, 0.1) is 0 Å². The Morgan fingerprint density at radius 1 is 1.00 bits per heavy atom. The monoisotopic (exact) mass is 251 g/mol. The van der Waals surface area contributed by atoms with Crippen molar-refractivity contribution in [1.82, 2.24) is 4.90 Å². The van der Waals surface area contributed by atoms with Gasteiger partial charge in [-0.2, -0.15) is 0 Å². The number of hydrogen-bond acceptors (Lipinski definition) is 1. The third-order valence-electron chi connectivity index (χ3n) is 4.53. The Bertz CT molecular complexity index is 573. The smallest absolute Gasteiger partial charge is 0.0246 e. The van der Waals surface area contributed by atoms with Crippen molar-refractivity contribution in [1.29, 1.82) is 0 Å². The summed E-state index contributed by atoms with van der Waals surface area (Å²) in [5.74, 6) is 0.481. The van der Waals surface area contributed by atoms with E-state index in [4.69, 9.17) is 0 Å². The van der Waals surface area contributed by atoms with E-state index in [2.05, 4.69) is 74.3 Å². The zero-order valence-corrected chi connectivity index (χ0v) is 11.9. The average molecular weight is 251 g/mol. The summed E-state index contributed by atoms with van der Waals surface area (Å²) < 4.78 is 0. The van der Waals surface area contributed by atoms with Gasteiger partial charge in [-0.1, -0.05) is 48.5 Å². The van der Waals surface area contributed by atoms with Crippen LogP contribution in [0, 0.1) is 6.92 Å². The molecule has 0 saturated carbocycles. The number of fused-ring (bicyclic) bond motifs is 1. The van der Waals surface area contributed by atoms with E-state index in [1.807, 2.05) is 0 Å². The molecule has 0 spiro atoms. The molecule has 1 heteroatoms. The molecule has 2 aromatic rings. The highest BCUT2D eigenvalue weighted by molar-refractivity contribution is 5.44. The Hall–Kier alpha value is -1.60. The second-order valence-corrected chi connectivity index (χ2v) is 5.69. The van der Waals surface area contributed by atoms with Crippen LogP contribution in [0.15, 0.2) is 48.5 Å². The maximum Gasteiger partial charge on any atom is 0.0246 e. The Morgan fingerprint density at radius 2 is 1.74 bits per heavy atom. The van der Waals surface area contributed by atoms with Gasteiger partial charge in [0.15, 0.2) is 0 Å². The predicted octanol–water partition coefficient (Wildman–Crippen LogP) is 3.96. The third kappa shape index (κ3) is 2.08. The zero-order chi connectivity index (χ0) is 13.4. The van der Waals surface area contributed by atoms with Crippen molar-refractivity contribution >= 4 is 0 Å². The Morgan fingerprint density at radius 3 is 2.47 bits per heavy atom. The fourth-order valence-corrected chi connectivity index (χ4v) is 3.26. The van der Waals surface area contributed by atoms with E-state index in [9.17, 15) is 0 Å². The molecule has 0 radical (unpaired) electrons. The average Bonchev–Trinajstić information content (AvgIpc) is 2.42. The van der Waals surface area contributed by atoms with Gasteiger partial charge in [0.2, 0.25) is 0 Å². The molecule has 1 nitrogen and oxygen atoms in total. The molecule has 0 bridgehead atoms. The summed E-state index contributed by atoms with van der Waals surface area (Å²) in [6, 6.07) is 18.2. The van der Waals surface area contributed by atoms with E-state index in [1.54, 1.807) is 0 Å². The molecule has 98 valence electrons. The Balaban J connectivity index is 2.16. The van der Waals surface area contributed by atoms with Gasteiger partial charge in [-0.15, -0.1) is 0 Å². The molecule has 2 aromatic carbocycles. The lowest BCUT2D eigenvalue weighted by molar-refractivity contribution is 0.211. The molecule has 0 amide bonds. The summed E-state index contributed by atoms with van der Waals surface area (Å²) in [5, 5.41) is 0. The quantitative estimate of drug-likeness (QED) is 0.741. The standard InChI is InChI=1S/C18H21N/c1-13-8-7-11-16-17(13)12-19(3)14(2)18(16)15-9-5-4-6-10-15/h4-11,14,18H,12H2,1-3H3/t14-,18+/m1/s1. The topological polar surface area (TPSA) is 3.24 Å². The summed E-state index contributed by atoms with van der Waals surface area (Å²) >= 11 is 0. The van der Waals surface area contributed by atoms with Gasteiger partial charge >= 0.3 is 0 Å². The van der Waals surface area contributed by atoms with Crippen LogP contribution in [0.4, 0.5) is 0 Å². The SMILES string of the molecule is Cc1cccc2c1CN(C)[C@H](C)[C@H]2c1ccccc1. The highest BCUT2D eigenvalue weighted by Gasteiger charge is 2.31. The van der Waals surface area contributed by atoms with Gasteiger partial charge in [0.1, 0.15) is 0 Å². The normalized spacial score (nSPS) is 23.1. The number of rotatable bonds is 1. The first-order valence-corrected chi connectivity index (χ1v) is 7.02. The van der Waals surface area contributed by atoms with Crippen LogP contribution in [0.3, 0.4) is 0 Å². The highest BCUT2D eigenvalue weighted by Crippen LogP contribution is 2.38. The first kappa shape index (κ1) is 12.4. The molecular weight excluding hydrogens is 230 g/mol. The van der Waals surface area contributed by atoms with Crippen LogP contribution >= 0.6 is 0 Å². The van der Waals surface area contributed by atoms with Gasteiger partial charge in [-0.05, 0) is 43.1 Å². The minimum absolute atomic E-state index is 0.481. The predicted molar refractivity (Wildman–Crippen MR) is 80.4 cm³/mol. The van der Waals surface area contributed by atoms with Crippen LogP contribution in [0.2, 0.25) is 0 Å². The van der Waals surface area contributed by atoms with Crippen LogP contribution in [-0.4, -0.2) is 18.0 Å². The zero-order valence-electron chi connectivity index (χ0n) is 11.9. The number of nitrogens with zero attached hydrogens (tertiary/aromatic N) is 1. The van der Waals surface area contributed by atoms with Crippen LogP contribution in [0.1, 0.15) is 35.1 Å². The summed E-state index contributed by atoms with van der Waals surface area (Å²) in [7, 11) is 2.23. The molecular formula is C18H21N. The van der Waals surface area contributed by atoms with Crippen LogP contribution in [0.25, 0.3) is 0 Å². The van der Waals surface area contributed by atoms with Crippen molar-refractivity contribution in [3.63, 3.8) is 0 Å². The molecule has 3 rings (SSSR count). The van der Waals surface area contributed by atoms with Crippen molar-refractivity contribution in [2.45, 2.75) is 32.4 Å². The lowest BCUT2D eigenvalue weighted by atomic mass is 9.78. The minimum Gasteiger partial charge on any atom is -0.298 e. The molecule has 2 atom stereocenters. The van der Waals surface area contributed by atoms with E-state index < -0.39 is 0 Å². The van der Waals surface area contributed by atoms with Crippen molar-refractivity contribution < 1.29 is 0 Å². The Labute approximate surface area is 115 Å². The number of aryl methyl sites for hydroxylation is 1. The highest BCUT2D eigenvalue weighted by atomic mass is 15.1. The van der Waals surface area contributed by atoms with E-state index >= 15 is 0 Å². The van der Waals surface area contributed by atoms with Crippen LogP contribution < -0.4 is 0 Å². The Kier molecular flexibility index (Phi) is 3.16. The maximum atomic E-state index is 2.47. The second kappa shape index (κ2) is 4.82. The first-order chi connectivity index (χ1) is 9.18. The van der Waals surface area contributed by atoms with E-state index in [0.717, 1.165) is 6.54 Å². The van der Waals surface area contributed by atoms with Gasteiger partial charge in [-0.25, -0.2) is 0 Å². The fourth-order valence-electron chi connectivity index (χ4n) is 3.26. The molecule has 0 aromatic heterocycles. The summed E-state index contributed by atoms with van der Waals surface area (Å²) in [4.78, 5) is 2.47. The van der Waals surface area contributed by atoms with Gasteiger partial charge < -0.3 is 0 Å².